The highest BCUT2D eigenvalue weighted by Crippen LogP contribution is 2.26. The topological polar surface area (TPSA) is 38.3 Å². The Labute approximate surface area is 142 Å². The van der Waals surface area contributed by atoms with E-state index in [0.717, 1.165) is 5.56 Å². The number of hydrogen-bond acceptors (Lipinski definition) is 2. The van der Waals surface area contributed by atoms with Gasteiger partial charge in [-0.15, -0.1) is 0 Å². The molecule has 0 saturated heterocycles. The van der Waals surface area contributed by atoms with Crippen molar-refractivity contribution in [2.75, 3.05) is 7.11 Å². The fourth-order valence-corrected chi connectivity index (χ4v) is 2.87. The Morgan fingerprint density at radius 2 is 1.74 bits per heavy atom. The van der Waals surface area contributed by atoms with Crippen LogP contribution in [0.15, 0.2) is 30.3 Å². The molecular weight excluding hydrogens is 310 g/mol. The monoisotopic (exact) mass is 331 g/mol. The molecular formula is C19H22ClNO2. The second-order valence-electron chi connectivity index (χ2n) is 5.84. The lowest BCUT2D eigenvalue weighted by Crippen LogP contribution is -2.27. The number of benzene rings is 2. The van der Waals surface area contributed by atoms with Crippen LogP contribution in [0.25, 0.3) is 0 Å². The quantitative estimate of drug-likeness (QED) is 0.876. The minimum atomic E-state index is -0.153. The molecule has 0 aliphatic heterocycles. The van der Waals surface area contributed by atoms with Crippen LogP contribution in [0.3, 0.4) is 0 Å². The SMILES string of the molecule is COc1ccc(C(=O)N[C@H](C)c2cc(C)c(C)cc2C)cc1Cl. The predicted octanol–water partition coefficient (Wildman–Crippen LogP) is 4.76. The largest absolute Gasteiger partial charge is 0.495 e. The van der Waals surface area contributed by atoms with Gasteiger partial charge in [0.15, 0.2) is 0 Å². The first kappa shape index (κ1) is 17.4. The standard InChI is InChI=1S/C19H22ClNO2/c1-11-8-13(3)16(9-12(11)2)14(4)21-19(22)15-6-7-18(23-5)17(20)10-15/h6-10,14H,1-5H3,(H,21,22)/t14-/m1/s1. The maximum absolute atomic E-state index is 12.4. The second-order valence-corrected chi connectivity index (χ2v) is 6.24. The smallest absolute Gasteiger partial charge is 0.251 e. The fourth-order valence-electron chi connectivity index (χ4n) is 2.61. The van der Waals surface area contributed by atoms with Crippen LogP contribution in [-0.2, 0) is 0 Å². The average molecular weight is 332 g/mol. The zero-order chi connectivity index (χ0) is 17.1. The summed E-state index contributed by atoms with van der Waals surface area (Å²) in [6, 6.07) is 9.23. The Morgan fingerprint density at radius 3 is 2.35 bits per heavy atom. The van der Waals surface area contributed by atoms with Crippen molar-refractivity contribution in [3.8, 4) is 5.75 Å². The van der Waals surface area contributed by atoms with Crippen LogP contribution in [0, 0.1) is 20.8 Å². The van der Waals surface area contributed by atoms with E-state index in [0.29, 0.717) is 16.3 Å². The molecule has 0 radical (unpaired) electrons. The molecule has 0 heterocycles. The summed E-state index contributed by atoms with van der Waals surface area (Å²) in [6.45, 7) is 8.22. The highest BCUT2D eigenvalue weighted by molar-refractivity contribution is 6.32. The number of carbonyl (C=O) groups excluding carboxylic acids is 1. The molecule has 0 fully saturated rings. The molecule has 0 bridgehead atoms. The van der Waals surface area contributed by atoms with E-state index in [4.69, 9.17) is 16.3 Å². The van der Waals surface area contributed by atoms with Crippen LogP contribution >= 0.6 is 11.6 Å². The lowest BCUT2D eigenvalue weighted by Gasteiger charge is -2.18. The normalized spacial score (nSPS) is 11.9. The lowest BCUT2D eigenvalue weighted by molar-refractivity contribution is 0.0940. The summed E-state index contributed by atoms with van der Waals surface area (Å²) >= 11 is 6.09. The van der Waals surface area contributed by atoms with Crippen LogP contribution in [0.2, 0.25) is 5.02 Å². The number of aryl methyl sites for hydroxylation is 3. The molecule has 0 saturated carbocycles. The van der Waals surface area contributed by atoms with E-state index in [9.17, 15) is 4.79 Å². The third kappa shape index (κ3) is 3.85. The van der Waals surface area contributed by atoms with Gasteiger partial charge in [-0.3, -0.25) is 4.79 Å². The summed E-state index contributed by atoms with van der Waals surface area (Å²) < 4.78 is 5.11. The molecule has 0 aliphatic carbocycles. The number of rotatable bonds is 4. The highest BCUT2D eigenvalue weighted by Gasteiger charge is 2.15. The number of amides is 1. The molecule has 1 amide bonds. The molecule has 1 atom stereocenters. The Bertz CT molecular complexity index is 740. The van der Waals surface area contributed by atoms with Gasteiger partial charge in [0.1, 0.15) is 5.75 Å². The molecule has 0 spiro atoms. The van der Waals surface area contributed by atoms with Gasteiger partial charge in [0.05, 0.1) is 18.2 Å². The molecule has 0 aromatic heterocycles. The van der Waals surface area contributed by atoms with Crippen molar-refractivity contribution in [3.63, 3.8) is 0 Å². The zero-order valence-corrected chi connectivity index (χ0v) is 14.9. The van der Waals surface area contributed by atoms with Gasteiger partial charge in [-0.2, -0.15) is 0 Å². The molecule has 23 heavy (non-hydrogen) atoms. The van der Waals surface area contributed by atoms with E-state index in [1.807, 2.05) is 6.92 Å². The van der Waals surface area contributed by atoms with E-state index in [1.54, 1.807) is 25.3 Å². The maximum Gasteiger partial charge on any atom is 0.251 e. The van der Waals surface area contributed by atoms with Gasteiger partial charge >= 0.3 is 0 Å². The van der Waals surface area contributed by atoms with Crippen LogP contribution in [0.4, 0.5) is 0 Å². The summed E-state index contributed by atoms with van der Waals surface area (Å²) in [5, 5.41) is 3.45. The minimum absolute atomic E-state index is 0.0809. The van der Waals surface area contributed by atoms with Gasteiger partial charge in [0.25, 0.3) is 5.91 Å². The van der Waals surface area contributed by atoms with Gasteiger partial charge in [0.2, 0.25) is 0 Å². The van der Waals surface area contributed by atoms with Gasteiger partial charge in [-0.05, 0) is 68.1 Å². The van der Waals surface area contributed by atoms with Crippen LogP contribution < -0.4 is 10.1 Å². The Hall–Kier alpha value is -2.00. The van der Waals surface area contributed by atoms with E-state index >= 15 is 0 Å². The van der Waals surface area contributed by atoms with Crippen molar-refractivity contribution >= 4 is 17.5 Å². The van der Waals surface area contributed by atoms with Crippen LogP contribution in [-0.4, -0.2) is 13.0 Å². The lowest BCUT2D eigenvalue weighted by atomic mass is 9.96. The molecule has 0 aliphatic rings. The van der Waals surface area contributed by atoms with Crippen LogP contribution in [0.5, 0.6) is 5.75 Å². The van der Waals surface area contributed by atoms with Crippen molar-refractivity contribution < 1.29 is 9.53 Å². The summed E-state index contributed by atoms with van der Waals surface area (Å²) in [4.78, 5) is 12.4. The van der Waals surface area contributed by atoms with Crippen molar-refractivity contribution in [2.45, 2.75) is 33.7 Å². The van der Waals surface area contributed by atoms with Crippen molar-refractivity contribution in [1.82, 2.24) is 5.32 Å². The first-order chi connectivity index (χ1) is 10.8. The molecule has 2 rings (SSSR count). The highest BCUT2D eigenvalue weighted by atomic mass is 35.5. The third-order valence-corrected chi connectivity index (χ3v) is 4.41. The number of ether oxygens (including phenoxy) is 1. The Morgan fingerprint density at radius 1 is 1.09 bits per heavy atom. The van der Waals surface area contributed by atoms with E-state index in [1.165, 1.54) is 16.7 Å². The summed E-state index contributed by atoms with van der Waals surface area (Å²) in [5.41, 5.74) is 5.30. The second kappa shape index (κ2) is 7.05. The molecule has 2 aromatic rings. The Balaban J connectivity index is 2.20. The zero-order valence-electron chi connectivity index (χ0n) is 14.2. The summed E-state index contributed by atoms with van der Waals surface area (Å²) in [6.07, 6.45) is 0. The Kier molecular flexibility index (Phi) is 5.32. The van der Waals surface area contributed by atoms with Crippen molar-refractivity contribution in [1.29, 1.82) is 0 Å². The predicted molar refractivity (Wildman–Crippen MR) is 94.5 cm³/mol. The van der Waals surface area contributed by atoms with E-state index in [-0.39, 0.29) is 11.9 Å². The van der Waals surface area contributed by atoms with Gasteiger partial charge in [0, 0.05) is 5.56 Å². The van der Waals surface area contributed by atoms with Crippen LogP contribution in [0.1, 0.15) is 45.6 Å². The molecule has 122 valence electrons. The molecule has 2 aromatic carbocycles. The fraction of sp³-hybridized carbons (Fsp3) is 0.316. The number of carbonyl (C=O) groups is 1. The van der Waals surface area contributed by atoms with E-state index in [2.05, 4.69) is 38.2 Å². The number of nitrogens with one attached hydrogen (secondary N) is 1. The minimum Gasteiger partial charge on any atom is -0.495 e. The molecule has 1 N–H and O–H groups in total. The van der Waals surface area contributed by atoms with E-state index < -0.39 is 0 Å². The van der Waals surface area contributed by atoms with Gasteiger partial charge < -0.3 is 10.1 Å². The first-order valence-corrected chi connectivity index (χ1v) is 7.93. The summed E-state index contributed by atoms with van der Waals surface area (Å²) in [5.74, 6) is 0.404. The number of halogens is 1. The average Bonchev–Trinajstić information content (AvgIpc) is 2.50. The maximum atomic E-state index is 12.4. The summed E-state index contributed by atoms with van der Waals surface area (Å²) in [7, 11) is 1.55. The molecule has 4 heteroatoms. The van der Waals surface area contributed by atoms with Crippen molar-refractivity contribution in [3.05, 3.63) is 63.2 Å². The number of methoxy groups -OCH3 is 1. The molecule has 0 unspecified atom stereocenters. The number of hydrogen-bond donors (Lipinski definition) is 1. The van der Waals surface area contributed by atoms with Crippen molar-refractivity contribution in [2.24, 2.45) is 0 Å². The first-order valence-electron chi connectivity index (χ1n) is 7.55. The molecule has 3 nitrogen and oxygen atoms in total. The van der Waals surface area contributed by atoms with Gasteiger partial charge in [-0.25, -0.2) is 0 Å². The van der Waals surface area contributed by atoms with Gasteiger partial charge in [-0.1, -0.05) is 23.7 Å². The third-order valence-electron chi connectivity index (χ3n) is 4.11.